The van der Waals surface area contributed by atoms with Crippen molar-refractivity contribution in [2.75, 3.05) is 33.2 Å². The lowest BCUT2D eigenvalue weighted by atomic mass is 9.88. The van der Waals surface area contributed by atoms with E-state index in [0.717, 1.165) is 50.6 Å². The van der Waals surface area contributed by atoms with Crippen LogP contribution in [0.15, 0.2) is 17.1 Å². The number of aryl methyl sites for hydroxylation is 1. The zero-order valence-electron chi connectivity index (χ0n) is 17.7. The zero-order chi connectivity index (χ0) is 21.6. The molecule has 0 bridgehead atoms. The van der Waals surface area contributed by atoms with Crippen LogP contribution in [0.25, 0.3) is 0 Å². The van der Waals surface area contributed by atoms with Gasteiger partial charge < -0.3 is 15.7 Å². The van der Waals surface area contributed by atoms with Gasteiger partial charge in [0.2, 0.25) is 0 Å². The highest BCUT2D eigenvalue weighted by Gasteiger charge is 2.32. The Kier molecular flexibility index (Phi) is 7.86. The number of guanidine groups is 1. The third kappa shape index (κ3) is 6.52. The number of fused-ring (bicyclic) bond motifs is 1. The van der Waals surface area contributed by atoms with Crippen LogP contribution in [-0.4, -0.2) is 55.4 Å². The lowest BCUT2D eigenvalue weighted by Crippen LogP contribution is -2.41. The number of benzene rings is 1. The first-order chi connectivity index (χ1) is 14.4. The van der Waals surface area contributed by atoms with E-state index >= 15 is 0 Å². The van der Waals surface area contributed by atoms with E-state index in [1.165, 1.54) is 22.4 Å². The summed E-state index contributed by atoms with van der Waals surface area (Å²) in [5.41, 5.74) is 3.54. The Hall–Kier alpha value is -1.96. The van der Waals surface area contributed by atoms with Crippen molar-refractivity contribution in [2.45, 2.75) is 57.7 Å². The number of aliphatic imine (C=N–C) groups is 1. The molecule has 1 aromatic carbocycles. The lowest BCUT2D eigenvalue weighted by Gasteiger charge is -2.32. The highest BCUT2D eigenvalue weighted by molar-refractivity contribution is 5.79. The molecule has 5 nitrogen and oxygen atoms in total. The number of rotatable bonds is 6. The Morgan fingerprint density at radius 1 is 1.17 bits per heavy atom. The smallest absolute Gasteiger partial charge is 0.401 e. The maximum atomic E-state index is 12.5. The maximum absolute atomic E-state index is 12.5. The van der Waals surface area contributed by atoms with Crippen molar-refractivity contribution in [3.63, 3.8) is 0 Å². The molecule has 0 aromatic heterocycles. The average molecular weight is 427 g/mol. The minimum Gasteiger partial charge on any atom is -0.508 e. The van der Waals surface area contributed by atoms with Gasteiger partial charge in [-0.1, -0.05) is 6.07 Å². The largest absolute Gasteiger partial charge is 0.508 e. The van der Waals surface area contributed by atoms with Crippen LogP contribution in [-0.2, 0) is 19.4 Å². The standard InChI is InChI=1S/C22H33F3N4O/c1-26-21(27-11-8-16-9-12-29(13-10-16)15-22(23,24)25)28-14-19-18-5-3-2-4-17(18)6-7-20(19)30/h6-7,16,30H,2-5,8-15H2,1H3,(H2,26,27,28). The molecule has 0 spiro atoms. The Morgan fingerprint density at radius 3 is 2.60 bits per heavy atom. The molecule has 3 N–H and O–H groups in total. The van der Waals surface area contributed by atoms with Crippen LogP contribution in [0.4, 0.5) is 13.2 Å². The fraction of sp³-hybridized carbons (Fsp3) is 0.682. The van der Waals surface area contributed by atoms with Gasteiger partial charge in [-0.3, -0.25) is 9.89 Å². The zero-order valence-corrected chi connectivity index (χ0v) is 17.7. The van der Waals surface area contributed by atoms with Crippen LogP contribution in [0, 0.1) is 5.92 Å². The number of hydrogen-bond donors (Lipinski definition) is 3. The van der Waals surface area contributed by atoms with E-state index in [1.54, 1.807) is 13.1 Å². The van der Waals surface area contributed by atoms with Crippen molar-refractivity contribution in [3.05, 3.63) is 28.8 Å². The van der Waals surface area contributed by atoms with E-state index in [2.05, 4.69) is 15.6 Å². The summed E-state index contributed by atoms with van der Waals surface area (Å²) in [4.78, 5) is 5.76. The van der Waals surface area contributed by atoms with Crippen molar-refractivity contribution in [1.82, 2.24) is 15.5 Å². The summed E-state index contributed by atoms with van der Waals surface area (Å²) >= 11 is 0. The van der Waals surface area contributed by atoms with Crippen LogP contribution in [0.5, 0.6) is 5.75 Å². The molecule has 1 fully saturated rings. The molecule has 2 aliphatic rings. The molecule has 1 aliphatic carbocycles. The molecule has 0 amide bonds. The van der Waals surface area contributed by atoms with E-state index in [0.29, 0.717) is 37.3 Å². The highest BCUT2D eigenvalue weighted by atomic mass is 19.4. The summed E-state index contributed by atoms with van der Waals surface area (Å²) in [7, 11) is 1.71. The highest BCUT2D eigenvalue weighted by Crippen LogP contribution is 2.30. The number of phenols is 1. The van der Waals surface area contributed by atoms with E-state index in [9.17, 15) is 18.3 Å². The van der Waals surface area contributed by atoms with Crippen LogP contribution < -0.4 is 10.6 Å². The van der Waals surface area contributed by atoms with Gasteiger partial charge >= 0.3 is 6.18 Å². The number of nitrogens with zero attached hydrogens (tertiary/aromatic N) is 2. The number of aromatic hydroxyl groups is 1. The van der Waals surface area contributed by atoms with Crippen molar-refractivity contribution in [3.8, 4) is 5.75 Å². The molecule has 0 saturated carbocycles. The Bertz CT molecular complexity index is 728. The Labute approximate surface area is 176 Å². The van der Waals surface area contributed by atoms with Gasteiger partial charge in [-0.05, 0) is 81.1 Å². The summed E-state index contributed by atoms with van der Waals surface area (Å²) in [5, 5.41) is 16.9. The number of alkyl halides is 3. The van der Waals surface area contributed by atoms with E-state index in [-0.39, 0.29) is 0 Å². The van der Waals surface area contributed by atoms with Gasteiger partial charge in [-0.2, -0.15) is 13.2 Å². The first-order valence-electron chi connectivity index (χ1n) is 10.9. The summed E-state index contributed by atoms with van der Waals surface area (Å²) < 4.78 is 37.5. The summed E-state index contributed by atoms with van der Waals surface area (Å²) in [6, 6.07) is 3.81. The Balaban J connectivity index is 1.41. The molecule has 1 aliphatic heterocycles. The number of likely N-dealkylation sites (tertiary alicyclic amines) is 1. The average Bonchev–Trinajstić information content (AvgIpc) is 2.71. The first-order valence-corrected chi connectivity index (χ1v) is 10.9. The molecule has 3 rings (SSSR count). The fourth-order valence-electron chi connectivity index (χ4n) is 4.56. The summed E-state index contributed by atoms with van der Waals surface area (Å²) in [6.45, 7) is 1.46. The predicted octanol–water partition coefficient (Wildman–Crippen LogP) is 3.60. The lowest BCUT2D eigenvalue weighted by molar-refractivity contribution is -0.148. The molecule has 1 saturated heterocycles. The fourth-order valence-corrected chi connectivity index (χ4v) is 4.56. The molecule has 0 radical (unpaired) electrons. The molecule has 8 heteroatoms. The number of hydrogen-bond acceptors (Lipinski definition) is 3. The third-order valence-corrected chi connectivity index (χ3v) is 6.24. The SMILES string of the molecule is CN=C(NCCC1CCN(CC(F)(F)F)CC1)NCc1c(O)ccc2c1CCCC2. The van der Waals surface area contributed by atoms with Crippen molar-refractivity contribution < 1.29 is 18.3 Å². The van der Waals surface area contributed by atoms with Gasteiger partial charge in [0, 0.05) is 25.7 Å². The van der Waals surface area contributed by atoms with Gasteiger partial charge in [-0.25, -0.2) is 0 Å². The number of halogens is 3. The molecule has 168 valence electrons. The van der Waals surface area contributed by atoms with E-state index in [4.69, 9.17) is 0 Å². The molecule has 30 heavy (non-hydrogen) atoms. The minimum atomic E-state index is -4.11. The second kappa shape index (κ2) is 10.4. The number of piperidine rings is 1. The van der Waals surface area contributed by atoms with E-state index in [1.807, 2.05) is 6.07 Å². The van der Waals surface area contributed by atoms with Crippen LogP contribution in [0.3, 0.4) is 0 Å². The molecule has 1 heterocycles. The second-order valence-electron chi connectivity index (χ2n) is 8.38. The van der Waals surface area contributed by atoms with Crippen LogP contribution >= 0.6 is 0 Å². The number of nitrogens with one attached hydrogen (secondary N) is 2. The molecule has 0 atom stereocenters. The predicted molar refractivity (Wildman–Crippen MR) is 113 cm³/mol. The molecule has 0 unspecified atom stereocenters. The third-order valence-electron chi connectivity index (χ3n) is 6.24. The Morgan fingerprint density at radius 2 is 1.90 bits per heavy atom. The summed E-state index contributed by atoms with van der Waals surface area (Å²) in [5.74, 6) is 1.44. The summed E-state index contributed by atoms with van der Waals surface area (Å²) in [6.07, 6.45) is 2.81. The van der Waals surface area contributed by atoms with Gasteiger partial charge in [0.15, 0.2) is 5.96 Å². The molecular formula is C22H33F3N4O. The molecular weight excluding hydrogens is 393 g/mol. The van der Waals surface area contributed by atoms with Gasteiger partial charge in [0.1, 0.15) is 5.75 Å². The van der Waals surface area contributed by atoms with Crippen molar-refractivity contribution in [2.24, 2.45) is 10.9 Å². The van der Waals surface area contributed by atoms with Crippen LogP contribution in [0.1, 0.15) is 48.8 Å². The van der Waals surface area contributed by atoms with Gasteiger partial charge in [0.05, 0.1) is 6.54 Å². The first kappa shape index (κ1) is 22.7. The quantitative estimate of drug-likeness (QED) is 0.481. The minimum absolute atomic E-state index is 0.323. The van der Waals surface area contributed by atoms with Gasteiger partial charge in [0.25, 0.3) is 0 Å². The van der Waals surface area contributed by atoms with Gasteiger partial charge in [-0.15, -0.1) is 0 Å². The topological polar surface area (TPSA) is 59.9 Å². The van der Waals surface area contributed by atoms with Crippen molar-refractivity contribution >= 4 is 5.96 Å². The maximum Gasteiger partial charge on any atom is 0.401 e. The second-order valence-corrected chi connectivity index (χ2v) is 8.38. The normalized spacial score (nSPS) is 18.9. The number of phenolic OH excluding ortho intramolecular Hbond substituents is 1. The monoisotopic (exact) mass is 426 g/mol. The van der Waals surface area contributed by atoms with E-state index < -0.39 is 12.7 Å². The molecule has 1 aromatic rings. The van der Waals surface area contributed by atoms with Crippen LogP contribution in [0.2, 0.25) is 0 Å². The van der Waals surface area contributed by atoms with Crippen molar-refractivity contribution in [1.29, 1.82) is 0 Å².